The summed E-state index contributed by atoms with van der Waals surface area (Å²) >= 11 is 0. The molecule has 1 fully saturated rings. The van der Waals surface area contributed by atoms with Gasteiger partial charge in [-0.15, -0.1) is 0 Å². The maximum absolute atomic E-state index is 12.7. The molecule has 2 rings (SSSR count). The molecule has 1 aliphatic heterocycles. The van der Waals surface area contributed by atoms with E-state index in [1.807, 2.05) is 11.8 Å². The summed E-state index contributed by atoms with van der Waals surface area (Å²) in [5.74, 6) is 0.374. The molecule has 0 saturated carbocycles. The maximum Gasteiger partial charge on any atom is 0.141 e. The van der Waals surface area contributed by atoms with E-state index in [4.69, 9.17) is 9.84 Å². The molecule has 4 nitrogen and oxygen atoms in total. The number of rotatable bonds is 2. The highest BCUT2D eigenvalue weighted by molar-refractivity contribution is 5.40. The van der Waals surface area contributed by atoms with E-state index in [1.54, 1.807) is 6.07 Å². The highest BCUT2D eigenvalue weighted by Gasteiger charge is 2.26. The van der Waals surface area contributed by atoms with Crippen LogP contribution in [-0.4, -0.2) is 42.0 Å². The third-order valence-electron chi connectivity index (χ3n) is 2.72. The molecule has 5 heteroatoms. The zero-order chi connectivity index (χ0) is 11.5. The van der Waals surface area contributed by atoms with Gasteiger partial charge in [-0.2, -0.15) is 0 Å². The maximum atomic E-state index is 12.7. The first-order valence-electron chi connectivity index (χ1n) is 5.31. The molecular formula is C11H15FN2O2. The lowest BCUT2D eigenvalue weighted by Gasteiger charge is -2.38. The number of pyridine rings is 1. The molecular weight excluding hydrogens is 211 g/mol. The summed E-state index contributed by atoms with van der Waals surface area (Å²) in [6.45, 7) is 3.13. The van der Waals surface area contributed by atoms with Gasteiger partial charge < -0.3 is 14.7 Å². The summed E-state index contributed by atoms with van der Waals surface area (Å²) in [4.78, 5) is 6.05. The van der Waals surface area contributed by atoms with E-state index in [1.165, 1.54) is 12.3 Å². The van der Waals surface area contributed by atoms with Crippen molar-refractivity contribution in [3.63, 3.8) is 0 Å². The van der Waals surface area contributed by atoms with Crippen molar-refractivity contribution in [2.45, 2.75) is 19.1 Å². The van der Waals surface area contributed by atoms with Gasteiger partial charge in [0.1, 0.15) is 11.6 Å². The topological polar surface area (TPSA) is 45.6 Å². The summed E-state index contributed by atoms with van der Waals surface area (Å²) in [5.41, 5.74) is 0. The second-order valence-corrected chi connectivity index (χ2v) is 3.97. The van der Waals surface area contributed by atoms with Crippen LogP contribution >= 0.6 is 0 Å². The van der Waals surface area contributed by atoms with Crippen LogP contribution in [0, 0.1) is 5.82 Å². The number of nitrogens with zero attached hydrogens (tertiary/aromatic N) is 2. The van der Waals surface area contributed by atoms with Gasteiger partial charge in [0.15, 0.2) is 0 Å². The Balaban J connectivity index is 2.14. The Morgan fingerprint density at radius 2 is 2.44 bits per heavy atom. The van der Waals surface area contributed by atoms with Crippen molar-refractivity contribution in [1.29, 1.82) is 0 Å². The minimum Gasteiger partial charge on any atom is -0.394 e. The summed E-state index contributed by atoms with van der Waals surface area (Å²) < 4.78 is 18.2. The SMILES string of the molecule is CC1COC(CO)CN1c1ccc(F)cn1. The summed E-state index contributed by atoms with van der Waals surface area (Å²) in [5, 5.41) is 9.05. The molecule has 0 aromatic carbocycles. The number of morpholine rings is 1. The van der Waals surface area contributed by atoms with Crippen LogP contribution in [0.4, 0.5) is 10.2 Å². The Labute approximate surface area is 93.7 Å². The largest absolute Gasteiger partial charge is 0.394 e. The van der Waals surface area contributed by atoms with Gasteiger partial charge in [-0.25, -0.2) is 9.37 Å². The van der Waals surface area contributed by atoms with Crippen molar-refractivity contribution < 1.29 is 14.2 Å². The van der Waals surface area contributed by atoms with Gasteiger partial charge in [-0.3, -0.25) is 0 Å². The van der Waals surface area contributed by atoms with Gasteiger partial charge in [-0.05, 0) is 19.1 Å². The lowest BCUT2D eigenvalue weighted by molar-refractivity contribution is -0.0105. The van der Waals surface area contributed by atoms with E-state index >= 15 is 0 Å². The molecule has 0 radical (unpaired) electrons. The van der Waals surface area contributed by atoms with Crippen LogP contribution in [0.2, 0.25) is 0 Å². The molecule has 0 bridgehead atoms. The molecule has 2 heterocycles. The number of hydrogen-bond donors (Lipinski definition) is 1. The molecule has 2 unspecified atom stereocenters. The van der Waals surface area contributed by atoms with Crippen LogP contribution in [0.3, 0.4) is 0 Å². The third-order valence-corrected chi connectivity index (χ3v) is 2.72. The number of aliphatic hydroxyl groups is 1. The highest BCUT2D eigenvalue weighted by atomic mass is 19.1. The molecule has 1 N–H and O–H groups in total. The van der Waals surface area contributed by atoms with E-state index in [-0.39, 0.29) is 24.6 Å². The lowest BCUT2D eigenvalue weighted by Crippen LogP contribution is -2.49. The van der Waals surface area contributed by atoms with Crippen molar-refractivity contribution in [2.24, 2.45) is 0 Å². The predicted octanol–water partition coefficient (Wildman–Crippen LogP) is 0.807. The first-order chi connectivity index (χ1) is 7.70. The normalized spacial score (nSPS) is 25.8. The van der Waals surface area contributed by atoms with E-state index in [0.717, 1.165) is 5.82 Å². The van der Waals surface area contributed by atoms with Gasteiger partial charge in [0.05, 0.1) is 31.6 Å². The van der Waals surface area contributed by atoms with Crippen LogP contribution in [0.15, 0.2) is 18.3 Å². The molecule has 1 saturated heterocycles. The monoisotopic (exact) mass is 226 g/mol. The molecule has 88 valence electrons. The molecule has 16 heavy (non-hydrogen) atoms. The average Bonchev–Trinajstić information content (AvgIpc) is 2.31. The van der Waals surface area contributed by atoms with E-state index in [9.17, 15) is 4.39 Å². The standard InChI is InChI=1S/C11H15FN2O2/c1-8-7-16-10(6-15)5-14(8)11-3-2-9(12)4-13-11/h2-4,8,10,15H,5-7H2,1H3. The predicted molar refractivity (Wildman–Crippen MR) is 57.8 cm³/mol. The Hall–Kier alpha value is -1.20. The molecule has 1 aromatic rings. The van der Waals surface area contributed by atoms with Crippen molar-refractivity contribution in [3.8, 4) is 0 Å². The first kappa shape index (κ1) is 11.3. The Morgan fingerprint density at radius 1 is 1.62 bits per heavy atom. The van der Waals surface area contributed by atoms with Gasteiger partial charge in [0, 0.05) is 6.54 Å². The Kier molecular flexibility index (Phi) is 3.36. The Bertz CT molecular complexity index is 344. The molecule has 0 spiro atoms. The number of anilines is 1. The number of ether oxygens (including phenoxy) is 1. The van der Waals surface area contributed by atoms with E-state index < -0.39 is 0 Å². The van der Waals surface area contributed by atoms with Gasteiger partial charge in [0.2, 0.25) is 0 Å². The Morgan fingerprint density at radius 3 is 3.06 bits per heavy atom. The van der Waals surface area contributed by atoms with Crippen LogP contribution in [0.25, 0.3) is 0 Å². The van der Waals surface area contributed by atoms with Crippen molar-refractivity contribution in [1.82, 2.24) is 4.98 Å². The van der Waals surface area contributed by atoms with Crippen molar-refractivity contribution >= 4 is 5.82 Å². The van der Waals surface area contributed by atoms with Crippen LogP contribution in [0.1, 0.15) is 6.92 Å². The molecule has 0 amide bonds. The van der Waals surface area contributed by atoms with Crippen LogP contribution < -0.4 is 4.90 Å². The number of hydrogen-bond acceptors (Lipinski definition) is 4. The van der Waals surface area contributed by atoms with E-state index in [0.29, 0.717) is 13.2 Å². The smallest absolute Gasteiger partial charge is 0.141 e. The number of halogens is 1. The van der Waals surface area contributed by atoms with Gasteiger partial charge in [-0.1, -0.05) is 0 Å². The summed E-state index contributed by atoms with van der Waals surface area (Å²) in [7, 11) is 0. The molecule has 2 atom stereocenters. The zero-order valence-corrected chi connectivity index (χ0v) is 9.14. The van der Waals surface area contributed by atoms with Gasteiger partial charge >= 0.3 is 0 Å². The van der Waals surface area contributed by atoms with Gasteiger partial charge in [0.25, 0.3) is 0 Å². The fourth-order valence-corrected chi connectivity index (χ4v) is 1.79. The highest BCUT2D eigenvalue weighted by Crippen LogP contribution is 2.19. The van der Waals surface area contributed by atoms with Crippen LogP contribution in [-0.2, 0) is 4.74 Å². The minimum atomic E-state index is -0.344. The first-order valence-corrected chi connectivity index (χ1v) is 5.31. The van der Waals surface area contributed by atoms with E-state index in [2.05, 4.69) is 4.98 Å². The van der Waals surface area contributed by atoms with Crippen LogP contribution in [0.5, 0.6) is 0 Å². The van der Waals surface area contributed by atoms with Crippen molar-refractivity contribution in [3.05, 3.63) is 24.1 Å². The average molecular weight is 226 g/mol. The second-order valence-electron chi connectivity index (χ2n) is 3.97. The molecule has 1 aromatic heterocycles. The summed E-state index contributed by atoms with van der Waals surface area (Å²) in [6, 6.07) is 3.21. The minimum absolute atomic E-state index is 0.00951. The summed E-state index contributed by atoms with van der Waals surface area (Å²) in [6.07, 6.45) is 1.01. The quantitative estimate of drug-likeness (QED) is 0.810. The number of aromatic nitrogens is 1. The number of aliphatic hydroxyl groups excluding tert-OH is 1. The van der Waals surface area contributed by atoms with Crippen molar-refractivity contribution in [2.75, 3.05) is 24.7 Å². The molecule has 1 aliphatic rings. The molecule has 0 aliphatic carbocycles. The second kappa shape index (κ2) is 4.76. The fraction of sp³-hybridized carbons (Fsp3) is 0.545. The zero-order valence-electron chi connectivity index (χ0n) is 9.14. The fourth-order valence-electron chi connectivity index (χ4n) is 1.79. The lowest BCUT2D eigenvalue weighted by atomic mass is 10.2. The third kappa shape index (κ3) is 2.31.